The van der Waals surface area contributed by atoms with Crippen LogP contribution in [0, 0.1) is 5.82 Å². The van der Waals surface area contributed by atoms with Crippen molar-refractivity contribution >= 4 is 39.2 Å². The number of aromatic nitrogens is 2. The number of hydrogen-bond acceptors (Lipinski definition) is 5. The Labute approximate surface area is 182 Å². The van der Waals surface area contributed by atoms with Crippen LogP contribution in [0.4, 0.5) is 4.39 Å². The lowest BCUT2D eigenvalue weighted by Gasteiger charge is -2.21. The molecule has 2 aromatic heterocycles. The van der Waals surface area contributed by atoms with Crippen LogP contribution in [0.5, 0.6) is 0 Å². The Balaban J connectivity index is 1.40. The molecule has 30 heavy (non-hydrogen) atoms. The van der Waals surface area contributed by atoms with Gasteiger partial charge in [0.25, 0.3) is 5.56 Å². The maximum absolute atomic E-state index is 13.9. The van der Waals surface area contributed by atoms with Gasteiger partial charge in [-0.3, -0.25) is 9.59 Å². The summed E-state index contributed by atoms with van der Waals surface area (Å²) in [5.74, 6) is 0.785. The predicted octanol–water partition coefficient (Wildman–Crippen LogP) is 4.06. The highest BCUT2D eigenvalue weighted by atomic mass is 32.2. The molecule has 156 valence electrons. The topological polar surface area (TPSA) is 66.1 Å². The van der Waals surface area contributed by atoms with Crippen molar-refractivity contribution in [2.45, 2.75) is 31.6 Å². The number of carbonyl (C=O) groups is 1. The Morgan fingerprint density at radius 2 is 2.20 bits per heavy atom. The molecular formula is C22H22FN3O2S2. The van der Waals surface area contributed by atoms with E-state index in [9.17, 15) is 14.0 Å². The molecule has 1 aliphatic rings. The number of carbonyl (C=O) groups excluding carboxylic acids is 1. The number of halogens is 1. The molecule has 1 N–H and O–H groups in total. The van der Waals surface area contributed by atoms with Gasteiger partial charge in [-0.1, -0.05) is 24.3 Å². The first-order valence-corrected chi connectivity index (χ1v) is 11.8. The molecule has 5 nitrogen and oxygen atoms in total. The molecule has 0 aliphatic heterocycles. The van der Waals surface area contributed by atoms with Gasteiger partial charge in [0.1, 0.15) is 16.5 Å². The smallest absolute Gasteiger partial charge is 0.259 e. The maximum atomic E-state index is 13.9. The predicted molar refractivity (Wildman–Crippen MR) is 120 cm³/mol. The van der Waals surface area contributed by atoms with Crippen LogP contribution in [-0.2, 0) is 29.9 Å². The van der Waals surface area contributed by atoms with Crippen molar-refractivity contribution in [3.8, 4) is 0 Å². The van der Waals surface area contributed by atoms with E-state index in [0.717, 1.165) is 35.0 Å². The van der Waals surface area contributed by atoms with E-state index in [0.29, 0.717) is 23.7 Å². The van der Waals surface area contributed by atoms with Crippen LogP contribution < -0.4 is 5.56 Å². The van der Waals surface area contributed by atoms with Crippen LogP contribution in [0.2, 0.25) is 0 Å². The van der Waals surface area contributed by atoms with Gasteiger partial charge in [0.15, 0.2) is 0 Å². The van der Waals surface area contributed by atoms with Crippen molar-refractivity contribution in [1.82, 2.24) is 14.9 Å². The van der Waals surface area contributed by atoms with Crippen molar-refractivity contribution in [1.29, 1.82) is 0 Å². The molecule has 0 fully saturated rings. The first-order valence-electron chi connectivity index (χ1n) is 9.80. The number of hydrogen-bond donors (Lipinski definition) is 1. The number of nitrogens with one attached hydrogen (secondary N) is 1. The van der Waals surface area contributed by atoms with Gasteiger partial charge in [-0.25, -0.2) is 9.37 Å². The van der Waals surface area contributed by atoms with Gasteiger partial charge < -0.3 is 9.88 Å². The molecule has 1 aliphatic carbocycles. The van der Waals surface area contributed by atoms with Crippen molar-refractivity contribution in [2.24, 2.45) is 0 Å². The highest BCUT2D eigenvalue weighted by Gasteiger charge is 2.21. The molecule has 8 heteroatoms. The molecule has 0 spiro atoms. The van der Waals surface area contributed by atoms with E-state index in [1.807, 2.05) is 0 Å². The lowest BCUT2D eigenvalue weighted by molar-refractivity contribution is -0.128. The second-order valence-electron chi connectivity index (χ2n) is 7.20. The minimum Gasteiger partial charge on any atom is -0.334 e. The van der Waals surface area contributed by atoms with E-state index in [4.69, 9.17) is 0 Å². The minimum atomic E-state index is -0.329. The summed E-state index contributed by atoms with van der Waals surface area (Å²) >= 11 is 2.99. The van der Waals surface area contributed by atoms with Crippen LogP contribution in [0.1, 0.15) is 28.2 Å². The number of rotatable bonds is 8. The largest absolute Gasteiger partial charge is 0.334 e. The van der Waals surface area contributed by atoms with Crippen molar-refractivity contribution in [3.05, 3.63) is 74.9 Å². The van der Waals surface area contributed by atoms with Gasteiger partial charge in [-0.2, -0.15) is 0 Å². The van der Waals surface area contributed by atoms with Crippen molar-refractivity contribution in [2.75, 3.05) is 12.3 Å². The molecular weight excluding hydrogens is 421 g/mol. The van der Waals surface area contributed by atoms with Crippen molar-refractivity contribution < 1.29 is 9.18 Å². The zero-order chi connectivity index (χ0) is 21.1. The third kappa shape index (κ3) is 4.34. The molecule has 1 aromatic carbocycles. The fraction of sp³-hybridized carbons (Fsp3) is 0.318. The molecule has 1 amide bonds. The number of benzene rings is 1. The monoisotopic (exact) mass is 443 g/mol. The summed E-state index contributed by atoms with van der Waals surface area (Å²) in [6, 6.07) is 6.44. The molecule has 0 atom stereocenters. The van der Waals surface area contributed by atoms with E-state index >= 15 is 0 Å². The van der Waals surface area contributed by atoms with Gasteiger partial charge in [-0.15, -0.1) is 29.7 Å². The van der Waals surface area contributed by atoms with Gasteiger partial charge in [0.2, 0.25) is 5.91 Å². The fourth-order valence-corrected chi connectivity index (χ4v) is 5.75. The van der Waals surface area contributed by atoms with E-state index < -0.39 is 0 Å². The molecule has 0 radical (unpaired) electrons. The van der Waals surface area contributed by atoms with Crippen LogP contribution in [-0.4, -0.2) is 33.1 Å². The van der Waals surface area contributed by atoms with Crippen LogP contribution in [0.25, 0.3) is 10.2 Å². The first-order chi connectivity index (χ1) is 14.6. The summed E-state index contributed by atoms with van der Waals surface area (Å²) in [7, 11) is 0. The maximum Gasteiger partial charge on any atom is 0.259 e. The van der Waals surface area contributed by atoms with Gasteiger partial charge in [-0.05, 0) is 30.9 Å². The summed E-state index contributed by atoms with van der Waals surface area (Å²) < 4.78 is 13.9. The molecule has 0 unspecified atom stereocenters. The van der Waals surface area contributed by atoms with Gasteiger partial charge in [0, 0.05) is 23.5 Å². The number of thiophene rings is 1. The highest BCUT2D eigenvalue weighted by Crippen LogP contribution is 2.34. The van der Waals surface area contributed by atoms with E-state index in [2.05, 4.69) is 16.5 Å². The van der Waals surface area contributed by atoms with Crippen LogP contribution in [0.15, 0.2) is 41.7 Å². The Kier molecular flexibility index (Phi) is 6.34. The second-order valence-corrected chi connectivity index (χ2v) is 9.27. The zero-order valence-corrected chi connectivity index (χ0v) is 18.1. The number of amides is 1. The number of thioether (sulfide) groups is 1. The van der Waals surface area contributed by atoms with E-state index in [-0.39, 0.29) is 29.6 Å². The third-order valence-electron chi connectivity index (χ3n) is 5.11. The Hall–Kier alpha value is -2.45. The number of aryl methyl sites for hydroxylation is 2. The van der Waals surface area contributed by atoms with Gasteiger partial charge in [0.05, 0.1) is 16.9 Å². The third-order valence-corrected chi connectivity index (χ3v) is 7.22. The zero-order valence-electron chi connectivity index (χ0n) is 16.4. The summed E-state index contributed by atoms with van der Waals surface area (Å²) in [6.07, 6.45) is 4.70. The van der Waals surface area contributed by atoms with Crippen molar-refractivity contribution in [3.63, 3.8) is 0 Å². The molecule has 2 heterocycles. The van der Waals surface area contributed by atoms with E-state index in [1.165, 1.54) is 22.7 Å². The summed E-state index contributed by atoms with van der Waals surface area (Å²) in [5, 5.41) is 0.736. The number of nitrogens with zero attached hydrogens (tertiary/aromatic N) is 2. The number of H-pyrrole nitrogens is 1. The molecule has 3 aromatic rings. The standard InChI is InChI=1S/C22H22FN3O2S2/c1-2-10-26(11-14-6-3-4-8-16(14)23)19(27)13-29-12-18-24-21(28)20-15-7-5-9-17(15)30-22(20)25-18/h2-4,6,8H,1,5,7,9-13H2,(H,24,25,28). The molecule has 4 rings (SSSR count). The van der Waals surface area contributed by atoms with Crippen LogP contribution in [0.3, 0.4) is 0 Å². The average Bonchev–Trinajstić information content (AvgIpc) is 3.30. The lowest BCUT2D eigenvalue weighted by atomic mass is 10.2. The summed E-state index contributed by atoms with van der Waals surface area (Å²) in [5.41, 5.74) is 1.54. The Bertz CT molecular complexity index is 1150. The second kappa shape index (κ2) is 9.14. The Morgan fingerprint density at radius 1 is 1.37 bits per heavy atom. The van der Waals surface area contributed by atoms with Gasteiger partial charge >= 0.3 is 0 Å². The highest BCUT2D eigenvalue weighted by molar-refractivity contribution is 7.99. The molecule has 0 saturated heterocycles. The van der Waals surface area contributed by atoms with Crippen LogP contribution >= 0.6 is 23.1 Å². The molecule has 0 bridgehead atoms. The minimum absolute atomic E-state index is 0.0887. The number of fused-ring (bicyclic) bond motifs is 3. The normalized spacial score (nSPS) is 12.8. The quantitative estimate of drug-likeness (QED) is 0.533. The first kappa shape index (κ1) is 20.8. The summed E-state index contributed by atoms with van der Waals surface area (Å²) in [6.45, 7) is 4.23. The Morgan fingerprint density at radius 3 is 3.00 bits per heavy atom. The fourth-order valence-electron chi connectivity index (χ4n) is 3.68. The lowest BCUT2D eigenvalue weighted by Crippen LogP contribution is -2.32. The summed E-state index contributed by atoms with van der Waals surface area (Å²) in [4.78, 5) is 36.3. The molecule has 0 saturated carbocycles. The van der Waals surface area contributed by atoms with E-state index in [1.54, 1.807) is 40.5 Å². The SMILES string of the molecule is C=CCN(Cc1ccccc1F)C(=O)CSCc1nc2sc3c(c2c(=O)[nH]1)CCC3. The average molecular weight is 444 g/mol. The number of aromatic amines is 1.